The highest BCUT2D eigenvalue weighted by Crippen LogP contribution is 2.11. The van der Waals surface area contributed by atoms with E-state index in [2.05, 4.69) is 4.98 Å². The Labute approximate surface area is 116 Å². The summed E-state index contributed by atoms with van der Waals surface area (Å²) in [5.74, 6) is 0. The summed E-state index contributed by atoms with van der Waals surface area (Å²) < 4.78 is 4.40. The zero-order chi connectivity index (χ0) is 15.0. The number of nitrogens with two attached hydrogens (primary N) is 1. The molecule has 0 spiro atoms. The Morgan fingerprint density at radius 2 is 2.00 bits per heavy atom. The third-order valence-electron chi connectivity index (χ3n) is 3.52. The highest BCUT2D eigenvalue weighted by atomic mass is 16.2. The molecule has 20 heavy (non-hydrogen) atoms. The van der Waals surface area contributed by atoms with Crippen LogP contribution in [-0.4, -0.2) is 24.7 Å². The topological polar surface area (TPSA) is 87.8 Å². The molecule has 0 aliphatic rings. The molecule has 2 aromatic heterocycles. The van der Waals surface area contributed by atoms with Crippen LogP contribution >= 0.6 is 0 Å². The van der Waals surface area contributed by atoms with Crippen LogP contribution in [0.5, 0.6) is 0 Å². The van der Waals surface area contributed by atoms with Crippen molar-refractivity contribution in [3.05, 3.63) is 27.2 Å². The molecule has 2 heterocycles. The number of nitrogens with zero attached hydrogens (tertiary/aromatic N) is 4. The van der Waals surface area contributed by atoms with Crippen molar-refractivity contribution in [1.29, 1.82) is 0 Å². The summed E-state index contributed by atoms with van der Waals surface area (Å²) in [6.45, 7) is 6.29. The smallest absolute Gasteiger partial charge is 0.326 e. The second-order valence-corrected chi connectivity index (χ2v) is 5.35. The van der Waals surface area contributed by atoms with E-state index in [4.69, 9.17) is 5.73 Å². The van der Waals surface area contributed by atoms with Crippen LogP contribution in [0.1, 0.15) is 33.2 Å². The van der Waals surface area contributed by atoms with Crippen molar-refractivity contribution in [3.8, 4) is 0 Å². The van der Waals surface area contributed by atoms with Gasteiger partial charge in [-0.25, -0.2) is 9.78 Å². The van der Waals surface area contributed by atoms with Crippen LogP contribution in [0, 0.1) is 0 Å². The fraction of sp³-hybridized carbons (Fsp3) is 0.615. The summed E-state index contributed by atoms with van der Waals surface area (Å²) in [6, 6.07) is -0.114. The minimum Gasteiger partial charge on any atom is -0.326 e. The minimum atomic E-state index is -0.345. The van der Waals surface area contributed by atoms with Crippen molar-refractivity contribution >= 4 is 11.2 Å². The molecule has 2 N–H and O–H groups in total. The lowest BCUT2D eigenvalue weighted by molar-refractivity contribution is 0.538. The molecule has 110 valence electrons. The molecule has 1 unspecified atom stereocenters. The molecule has 0 amide bonds. The van der Waals surface area contributed by atoms with E-state index in [1.165, 1.54) is 11.6 Å². The third kappa shape index (κ3) is 2.18. The van der Waals surface area contributed by atoms with Crippen LogP contribution in [0.3, 0.4) is 0 Å². The van der Waals surface area contributed by atoms with Gasteiger partial charge in [-0.1, -0.05) is 6.92 Å². The first-order chi connectivity index (χ1) is 9.38. The van der Waals surface area contributed by atoms with Crippen LogP contribution in [0.2, 0.25) is 0 Å². The second kappa shape index (κ2) is 5.24. The Balaban J connectivity index is 2.79. The number of rotatable bonds is 4. The van der Waals surface area contributed by atoms with Crippen LogP contribution in [0.25, 0.3) is 11.2 Å². The van der Waals surface area contributed by atoms with Gasteiger partial charge in [0.15, 0.2) is 11.2 Å². The highest BCUT2D eigenvalue weighted by Gasteiger charge is 2.18. The highest BCUT2D eigenvalue weighted by molar-refractivity contribution is 5.70. The van der Waals surface area contributed by atoms with Crippen LogP contribution in [0.15, 0.2) is 15.9 Å². The first kappa shape index (κ1) is 14.5. The molecule has 0 aromatic carbocycles. The monoisotopic (exact) mass is 279 g/mol. The van der Waals surface area contributed by atoms with Gasteiger partial charge >= 0.3 is 5.69 Å². The number of fused-ring (bicyclic) bond motifs is 1. The molecule has 0 aliphatic heterocycles. The fourth-order valence-corrected chi connectivity index (χ4v) is 2.25. The lowest BCUT2D eigenvalue weighted by atomic mass is 10.2. The number of hydrogen-bond acceptors (Lipinski definition) is 4. The van der Waals surface area contributed by atoms with Crippen LogP contribution < -0.4 is 17.0 Å². The van der Waals surface area contributed by atoms with E-state index in [9.17, 15) is 9.59 Å². The van der Waals surface area contributed by atoms with Gasteiger partial charge in [-0.3, -0.25) is 13.9 Å². The third-order valence-corrected chi connectivity index (χ3v) is 3.52. The quantitative estimate of drug-likeness (QED) is 0.867. The molecule has 1 atom stereocenters. The molecule has 7 nitrogen and oxygen atoms in total. The van der Waals surface area contributed by atoms with Gasteiger partial charge in [-0.15, -0.1) is 0 Å². The summed E-state index contributed by atoms with van der Waals surface area (Å²) in [5.41, 5.74) is 6.13. The molecule has 0 bridgehead atoms. The normalized spacial score (nSPS) is 13.3. The second-order valence-electron chi connectivity index (χ2n) is 5.35. The van der Waals surface area contributed by atoms with E-state index in [-0.39, 0.29) is 23.3 Å². The molecule has 0 saturated heterocycles. The van der Waals surface area contributed by atoms with Gasteiger partial charge in [0.25, 0.3) is 5.56 Å². The molecule has 2 aromatic rings. The Kier molecular flexibility index (Phi) is 3.80. The van der Waals surface area contributed by atoms with Crippen molar-refractivity contribution in [2.45, 2.75) is 45.8 Å². The van der Waals surface area contributed by atoms with Gasteiger partial charge in [0.2, 0.25) is 0 Å². The molecule has 0 aliphatic carbocycles. The van der Waals surface area contributed by atoms with Gasteiger partial charge in [-0.05, 0) is 20.3 Å². The zero-order valence-corrected chi connectivity index (χ0v) is 12.3. The van der Waals surface area contributed by atoms with Gasteiger partial charge in [0, 0.05) is 25.7 Å². The summed E-state index contributed by atoms with van der Waals surface area (Å²) in [7, 11) is 1.49. The average molecular weight is 279 g/mol. The Hall–Kier alpha value is -1.89. The summed E-state index contributed by atoms with van der Waals surface area (Å²) in [6.07, 6.45) is 2.39. The Morgan fingerprint density at radius 3 is 2.55 bits per heavy atom. The predicted octanol–water partition coefficient (Wildman–Crippen LogP) is 0.215. The zero-order valence-electron chi connectivity index (χ0n) is 12.3. The van der Waals surface area contributed by atoms with E-state index >= 15 is 0 Å². The maximum absolute atomic E-state index is 12.3. The maximum atomic E-state index is 12.3. The van der Waals surface area contributed by atoms with Crippen molar-refractivity contribution in [2.24, 2.45) is 12.8 Å². The van der Waals surface area contributed by atoms with Crippen molar-refractivity contribution in [1.82, 2.24) is 18.7 Å². The maximum Gasteiger partial charge on any atom is 0.332 e. The lowest BCUT2D eigenvalue weighted by Crippen LogP contribution is -2.39. The molecule has 0 saturated carbocycles. The van der Waals surface area contributed by atoms with Gasteiger partial charge in [-0.2, -0.15) is 0 Å². The molecule has 7 heteroatoms. The predicted molar refractivity (Wildman–Crippen MR) is 77.9 cm³/mol. The SMILES string of the molecule is CCC(N)Cn1cnc2c1c(=O)n(C)c(=O)n2C(C)C. The van der Waals surface area contributed by atoms with Gasteiger partial charge in [0.05, 0.1) is 6.33 Å². The van der Waals surface area contributed by atoms with E-state index in [1.807, 2.05) is 20.8 Å². The van der Waals surface area contributed by atoms with E-state index < -0.39 is 0 Å². The van der Waals surface area contributed by atoms with Crippen LogP contribution in [0.4, 0.5) is 0 Å². The van der Waals surface area contributed by atoms with E-state index in [1.54, 1.807) is 10.9 Å². The van der Waals surface area contributed by atoms with Gasteiger partial charge in [0.1, 0.15) is 0 Å². The molecule has 0 fully saturated rings. The summed E-state index contributed by atoms with van der Waals surface area (Å²) >= 11 is 0. The van der Waals surface area contributed by atoms with Crippen molar-refractivity contribution < 1.29 is 0 Å². The number of imidazole rings is 1. The van der Waals surface area contributed by atoms with E-state index in [0.29, 0.717) is 17.7 Å². The molecular weight excluding hydrogens is 258 g/mol. The first-order valence-corrected chi connectivity index (χ1v) is 6.80. The molecule has 2 rings (SSSR count). The Bertz CT molecular complexity index is 738. The van der Waals surface area contributed by atoms with Crippen molar-refractivity contribution in [2.75, 3.05) is 0 Å². The van der Waals surface area contributed by atoms with Crippen molar-refractivity contribution in [3.63, 3.8) is 0 Å². The molecular formula is C13H21N5O2. The number of hydrogen-bond donors (Lipinski definition) is 1. The number of aromatic nitrogens is 4. The minimum absolute atomic E-state index is 0.0449. The largest absolute Gasteiger partial charge is 0.332 e. The molecule has 0 radical (unpaired) electrons. The average Bonchev–Trinajstić information content (AvgIpc) is 2.79. The standard InChI is InChI=1S/C13H21N5O2/c1-5-9(14)6-17-7-15-11-10(17)12(19)16(4)13(20)18(11)8(2)3/h7-9H,5-6,14H2,1-4H3. The lowest BCUT2D eigenvalue weighted by Gasteiger charge is -2.14. The van der Waals surface area contributed by atoms with E-state index in [0.717, 1.165) is 11.0 Å². The first-order valence-electron chi connectivity index (χ1n) is 6.80. The fourth-order valence-electron chi connectivity index (χ4n) is 2.25. The van der Waals surface area contributed by atoms with Crippen LogP contribution in [-0.2, 0) is 13.6 Å². The summed E-state index contributed by atoms with van der Waals surface area (Å²) in [5, 5.41) is 0. The van der Waals surface area contributed by atoms with Gasteiger partial charge < -0.3 is 10.3 Å². The summed E-state index contributed by atoms with van der Waals surface area (Å²) in [4.78, 5) is 28.8. The Morgan fingerprint density at radius 1 is 1.35 bits per heavy atom.